The second-order valence-corrected chi connectivity index (χ2v) is 5.89. The molecule has 0 bridgehead atoms. The van der Waals surface area contributed by atoms with E-state index in [0.29, 0.717) is 22.9 Å². The van der Waals surface area contributed by atoms with Crippen LogP contribution in [0.15, 0.2) is 30.3 Å². The minimum atomic E-state index is -0.545. The molecule has 0 aromatic heterocycles. The van der Waals surface area contributed by atoms with Crippen LogP contribution in [0.5, 0.6) is 17.2 Å². The molecule has 3 N–H and O–H groups in total. The number of hydrogen-bond acceptors (Lipinski definition) is 5. The van der Waals surface area contributed by atoms with Crippen LogP contribution in [-0.2, 0) is 0 Å². The summed E-state index contributed by atoms with van der Waals surface area (Å²) in [5, 5.41) is 2.80. The van der Waals surface area contributed by atoms with Crippen molar-refractivity contribution < 1.29 is 23.4 Å². The number of amides is 1. The highest BCUT2D eigenvalue weighted by atomic mass is 35.5. The van der Waals surface area contributed by atoms with Gasteiger partial charge in [-0.05, 0) is 42.5 Å². The quantitative estimate of drug-likeness (QED) is 0.513. The first-order valence-corrected chi connectivity index (χ1v) is 8.30. The molecule has 0 atom stereocenters. The van der Waals surface area contributed by atoms with Crippen LogP contribution in [-0.4, -0.2) is 32.3 Å². The van der Waals surface area contributed by atoms with E-state index in [2.05, 4.69) is 16.2 Å². The monoisotopic (exact) mass is 413 g/mol. The lowest BCUT2D eigenvalue weighted by Gasteiger charge is -2.15. The number of anilines is 1. The summed E-state index contributed by atoms with van der Waals surface area (Å²) in [7, 11) is 4.36. The number of carbonyl (C=O) groups is 1. The van der Waals surface area contributed by atoms with Crippen LogP contribution in [0.1, 0.15) is 10.4 Å². The van der Waals surface area contributed by atoms with Gasteiger partial charge in [-0.15, -0.1) is 0 Å². The van der Waals surface area contributed by atoms with Crippen LogP contribution >= 0.6 is 23.8 Å². The fourth-order valence-corrected chi connectivity index (χ4v) is 2.48. The molecule has 0 aliphatic rings. The topological polar surface area (TPSA) is 80.9 Å². The summed E-state index contributed by atoms with van der Waals surface area (Å²) in [6.07, 6.45) is 0. The number of nitrogens with one attached hydrogen (secondary N) is 3. The molecule has 10 heteroatoms. The van der Waals surface area contributed by atoms with Crippen LogP contribution < -0.4 is 30.4 Å². The summed E-state index contributed by atoms with van der Waals surface area (Å²) in [4.78, 5) is 12.4. The van der Waals surface area contributed by atoms with Gasteiger partial charge in [0.15, 0.2) is 16.6 Å². The van der Waals surface area contributed by atoms with Crippen LogP contribution in [0.3, 0.4) is 0 Å². The van der Waals surface area contributed by atoms with Crippen molar-refractivity contribution in [1.29, 1.82) is 0 Å². The SMILES string of the molecule is COc1cc(C(=O)NNC(=S)Nc2ccc(F)c(Cl)c2)cc(OC)c1OC. The van der Waals surface area contributed by atoms with Crippen molar-refractivity contribution >= 4 is 40.5 Å². The Kier molecular flexibility index (Phi) is 7.03. The van der Waals surface area contributed by atoms with E-state index < -0.39 is 11.7 Å². The number of benzene rings is 2. The molecule has 0 aliphatic carbocycles. The third-order valence-electron chi connectivity index (χ3n) is 3.39. The molecule has 0 radical (unpaired) electrons. The molecule has 0 unspecified atom stereocenters. The molecular weight excluding hydrogens is 397 g/mol. The molecule has 2 rings (SSSR count). The van der Waals surface area contributed by atoms with Gasteiger partial charge in [0.1, 0.15) is 5.82 Å². The lowest BCUT2D eigenvalue weighted by molar-refractivity contribution is 0.0943. The van der Waals surface area contributed by atoms with Crippen molar-refractivity contribution in [2.45, 2.75) is 0 Å². The van der Waals surface area contributed by atoms with Crippen LogP contribution in [0, 0.1) is 5.82 Å². The van der Waals surface area contributed by atoms with Crippen molar-refractivity contribution in [1.82, 2.24) is 10.9 Å². The van der Waals surface area contributed by atoms with Gasteiger partial charge in [-0.25, -0.2) is 4.39 Å². The number of carbonyl (C=O) groups excluding carboxylic acids is 1. The highest BCUT2D eigenvalue weighted by molar-refractivity contribution is 7.80. The van der Waals surface area contributed by atoms with Crippen molar-refractivity contribution in [2.75, 3.05) is 26.6 Å². The first kappa shape index (κ1) is 20.5. The summed E-state index contributed by atoms with van der Waals surface area (Å²) < 4.78 is 28.8. The third kappa shape index (κ3) is 5.11. The third-order valence-corrected chi connectivity index (χ3v) is 3.89. The van der Waals surface area contributed by atoms with Gasteiger partial charge in [0.05, 0.1) is 26.4 Å². The van der Waals surface area contributed by atoms with Gasteiger partial charge in [-0.2, -0.15) is 0 Å². The number of halogens is 2. The van der Waals surface area contributed by atoms with Crippen molar-refractivity contribution in [3.05, 3.63) is 46.7 Å². The molecule has 0 spiro atoms. The first-order chi connectivity index (χ1) is 12.9. The number of methoxy groups -OCH3 is 3. The van der Waals surface area contributed by atoms with E-state index in [9.17, 15) is 9.18 Å². The minimum absolute atomic E-state index is 0.0516. The molecule has 0 heterocycles. The van der Waals surface area contributed by atoms with E-state index in [1.165, 1.54) is 51.7 Å². The van der Waals surface area contributed by atoms with Crippen LogP contribution in [0.4, 0.5) is 10.1 Å². The Morgan fingerprint density at radius 2 is 1.67 bits per heavy atom. The number of hydrazine groups is 1. The zero-order valence-electron chi connectivity index (χ0n) is 14.7. The maximum atomic E-state index is 13.2. The summed E-state index contributed by atoms with van der Waals surface area (Å²) in [5.41, 5.74) is 5.69. The predicted octanol–water partition coefficient (Wildman–Crippen LogP) is 3.14. The van der Waals surface area contributed by atoms with E-state index in [0.717, 1.165) is 0 Å². The van der Waals surface area contributed by atoms with Gasteiger partial charge >= 0.3 is 0 Å². The number of rotatable bonds is 5. The smallest absolute Gasteiger partial charge is 0.269 e. The second-order valence-electron chi connectivity index (χ2n) is 5.08. The molecule has 1 amide bonds. The van der Waals surface area contributed by atoms with Crippen molar-refractivity contribution in [3.63, 3.8) is 0 Å². The molecule has 7 nitrogen and oxygen atoms in total. The zero-order chi connectivity index (χ0) is 20.0. The largest absolute Gasteiger partial charge is 0.493 e. The average Bonchev–Trinajstić information content (AvgIpc) is 2.67. The highest BCUT2D eigenvalue weighted by Gasteiger charge is 2.17. The van der Waals surface area contributed by atoms with Crippen molar-refractivity contribution in [2.24, 2.45) is 0 Å². The normalized spacial score (nSPS) is 9.96. The molecule has 2 aromatic carbocycles. The standard InChI is InChI=1S/C17H17ClFN3O4S/c1-24-13-6-9(7-14(25-2)15(13)26-3)16(23)21-22-17(27)20-10-4-5-12(19)11(18)8-10/h4-8H,1-3H3,(H,21,23)(H2,20,22,27). The Bertz CT molecular complexity index is 841. The van der Waals surface area contributed by atoms with Crippen LogP contribution in [0.25, 0.3) is 0 Å². The average molecular weight is 414 g/mol. The number of ether oxygens (including phenoxy) is 3. The molecule has 27 heavy (non-hydrogen) atoms. The van der Waals surface area contributed by atoms with Gasteiger partial charge in [-0.3, -0.25) is 15.6 Å². The maximum absolute atomic E-state index is 13.2. The fraction of sp³-hybridized carbons (Fsp3) is 0.176. The van der Waals surface area contributed by atoms with Gasteiger partial charge in [0, 0.05) is 11.3 Å². The molecule has 144 valence electrons. The highest BCUT2D eigenvalue weighted by Crippen LogP contribution is 2.38. The number of hydrogen-bond donors (Lipinski definition) is 3. The maximum Gasteiger partial charge on any atom is 0.269 e. The fourth-order valence-electron chi connectivity index (χ4n) is 2.13. The summed E-state index contributed by atoms with van der Waals surface area (Å²) in [6, 6.07) is 7.01. The minimum Gasteiger partial charge on any atom is -0.493 e. The molecule has 2 aromatic rings. The van der Waals surface area contributed by atoms with Crippen LogP contribution in [0.2, 0.25) is 5.02 Å². The Labute approximate surface area is 165 Å². The summed E-state index contributed by atoms with van der Waals surface area (Å²) in [5.74, 6) is 0.00883. The lowest BCUT2D eigenvalue weighted by Crippen LogP contribution is -2.43. The molecule has 0 aliphatic heterocycles. The Morgan fingerprint density at radius 1 is 1.04 bits per heavy atom. The Morgan fingerprint density at radius 3 is 2.19 bits per heavy atom. The first-order valence-electron chi connectivity index (χ1n) is 7.52. The van der Waals surface area contributed by atoms with Crippen molar-refractivity contribution in [3.8, 4) is 17.2 Å². The van der Waals surface area contributed by atoms with E-state index in [-0.39, 0.29) is 15.7 Å². The van der Waals surface area contributed by atoms with E-state index in [1.54, 1.807) is 0 Å². The van der Waals surface area contributed by atoms with Gasteiger partial charge in [0.2, 0.25) is 5.75 Å². The molecular formula is C17H17ClFN3O4S. The lowest BCUT2D eigenvalue weighted by atomic mass is 10.1. The van der Waals surface area contributed by atoms with Gasteiger partial charge < -0.3 is 19.5 Å². The molecule has 0 fully saturated rings. The molecule has 0 saturated carbocycles. The Balaban J connectivity index is 2.04. The summed E-state index contributed by atoms with van der Waals surface area (Å²) >= 11 is 10.8. The van der Waals surface area contributed by atoms with E-state index >= 15 is 0 Å². The molecule has 0 saturated heterocycles. The second kappa shape index (κ2) is 9.24. The van der Waals surface area contributed by atoms with Gasteiger partial charge in [-0.1, -0.05) is 11.6 Å². The summed E-state index contributed by atoms with van der Waals surface area (Å²) in [6.45, 7) is 0. The van der Waals surface area contributed by atoms with E-state index in [4.69, 9.17) is 38.0 Å². The predicted molar refractivity (Wildman–Crippen MR) is 104 cm³/mol. The Hall–Kier alpha value is -2.78. The van der Waals surface area contributed by atoms with E-state index in [1.807, 2.05) is 0 Å². The number of thiocarbonyl (C=S) groups is 1. The zero-order valence-corrected chi connectivity index (χ0v) is 16.3. The van der Waals surface area contributed by atoms with Gasteiger partial charge in [0.25, 0.3) is 5.91 Å².